The fourth-order valence-electron chi connectivity index (χ4n) is 2.30. The molecule has 5 nitrogen and oxygen atoms in total. The minimum atomic E-state index is 0.464. The van der Waals surface area contributed by atoms with Gasteiger partial charge in [0.05, 0.1) is 12.4 Å². The van der Waals surface area contributed by atoms with E-state index in [2.05, 4.69) is 38.8 Å². The number of aromatic nitrogens is 2. The van der Waals surface area contributed by atoms with E-state index in [9.17, 15) is 0 Å². The van der Waals surface area contributed by atoms with Crippen LogP contribution in [0.1, 0.15) is 6.42 Å². The van der Waals surface area contributed by atoms with E-state index in [1.165, 1.54) is 13.0 Å². The maximum absolute atomic E-state index is 5.88. The first-order valence-electron chi connectivity index (χ1n) is 6.75. The number of hydrogen-bond donors (Lipinski definition) is 0. The molecule has 0 spiro atoms. The SMILES string of the molecule is CN(C)CCCN1CCN(c2cncc(Cl)n2)CC1. The van der Waals surface area contributed by atoms with Gasteiger partial charge in [-0.15, -0.1) is 0 Å². The quantitative estimate of drug-likeness (QED) is 0.812. The highest BCUT2D eigenvalue weighted by Gasteiger charge is 2.17. The minimum Gasteiger partial charge on any atom is -0.353 e. The van der Waals surface area contributed by atoms with Crippen LogP contribution in [0.15, 0.2) is 12.4 Å². The Morgan fingerprint density at radius 2 is 1.95 bits per heavy atom. The molecule has 0 saturated carbocycles. The van der Waals surface area contributed by atoms with Gasteiger partial charge in [0.15, 0.2) is 0 Å². The summed E-state index contributed by atoms with van der Waals surface area (Å²) in [6, 6.07) is 0. The number of rotatable bonds is 5. The van der Waals surface area contributed by atoms with Crippen LogP contribution in [0.4, 0.5) is 5.82 Å². The van der Waals surface area contributed by atoms with Crippen molar-refractivity contribution in [2.45, 2.75) is 6.42 Å². The highest BCUT2D eigenvalue weighted by molar-refractivity contribution is 6.29. The normalized spacial score (nSPS) is 17.2. The maximum atomic E-state index is 5.88. The molecule has 2 heterocycles. The van der Waals surface area contributed by atoms with Crippen LogP contribution in [0.2, 0.25) is 5.15 Å². The van der Waals surface area contributed by atoms with Gasteiger partial charge in [-0.2, -0.15) is 0 Å². The lowest BCUT2D eigenvalue weighted by atomic mass is 10.3. The molecule has 6 heteroatoms. The van der Waals surface area contributed by atoms with Crippen LogP contribution >= 0.6 is 11.6 Å². The van der Waals surface area contributed by atoms with Gasteiger partial charge in [0.1, 0.15) is 11.0 Å². The molecule has 1 fully saturated rings. The Morgan fingerprint density at radius 3 is 2.58 bits per heavy atom. The van der Waals surface area contributed by atoms with Crippen LogP contribution in [-0.4, -0.2) is 73.1 Å². The second kappa shape index (κ2) is 7.03. The zero-order valence-electron chi connectivity index (χ0n) is 11.7. The largest absolute Gasteiger partial charge is 0.353 e. The molecule has 0 amide bonds. The predicted molar refractivity (Wildman–Crippen MR) is 78.9 cm³/mol. The Kier molecular flexibility index (Phi) is 5.36. The fraction of sp³-hybridized carbons (Fsp3) is 0.692. The van der Waals surface area contributed by atoms with Gasteiger partial charge in [-0.25, -0.2) is 4.98 Å². The molecule has 0 aliphatic carbocycles. The summed E-state index contributed by atoms with van der Waals surface area (Å²) in [5.74, 6) is 0.889. The van der Waals surface area contributed by atoms with E-state index in [4.69, 9.17) is 11.6 Å². The van der Waals surface area contributed by atoms with E-state index in [0.29, 0.717) is 5.15 Å². The Hall–Kier alpha value is -0.910. The summed E-state index contributed by atoms with van der Waals surface area (Å²) in [6.45, 7) is 6.49. The summed E-state index contributed by atoms with van der Waals surface area (Å²) in [7, 11) is 4.24. The van der Waals surface area contributed by atoms with Gasteiger partial charge < -0.3 is 9.80 Å². The van der Waals surface area contributed by atoms with Crippen molar-refractivity contribution in [3.8, 4) is 0 Å². The smallest absolute Gasteiger partial charge is 0.149 e. The van der Waals surface area contributed by atoms with Gasteiger partial charge in [0.25, 0.3) is 0 Å². The molecule has 1 aliphatic rings. The molecule has 0 aromatic carbocycles. The van der Waals surface area contributed by atoms with E-state index >= 15 is 0 Å². The van der Waals surface area contributed by atoms with Crippen LogP contribution in [-0.2, 0) is 0 Å². The summed E-state index contributed by atoms with van der Waals surface area (Å²) in [5.41, 5.74) is 0. The minimum absolute atomic E-state index is 0.464. The molecule has 1 saturated heterocycles. The molecule has 1 aromatic heterocycles. The lowest BCUT2D eigenvalue weighted by Gasteiger charge is -2.35. The highest BCUT2D eigenvalue weighted by Crippen LogP contribution is 2.14. The van der Waals surface area contributed by atoms with Crippen molar-refractivity contribution in [1.29, 1.82) is 0 Å². The van der Waals surface area contributed by atoms with E-state index in [1.54, 1.807) is 12.4 Å². The van der Waals surface area contributed by atoms with Crippen LogP contribution < -0.4 is 4.90 Å². The second-order valence-corrected chi connectivity index (χ2v) is 5.57. The van der Waals surface area contributed by atoms with Gasteiger partial charge >= 0.3 is 0 Å². The van der Waals surface area contributed by atoms with E-state index < -0.39 is 0 Å². The lowest BCUT2D eigenvalue weighted by Crippen LogP contribution is -2.47. The summed E-state index contributed by atoms with van der Waals surface area (Å²) in [6.07, 6.45) is 4.58. The Balaban J connectivity index is 1.76. The zero-order valence-corrected chi connectivity index (χ0v) is 12.5. The molecule has 0 N–H and O–H groups in total. The molecule has 1 aliphatic heterocycles. The molecule has 1 aromatic rings. The predicted octanol–water partition coefficient (Wildman–Crippen LogP) is 1.20. The van der Waals surface area contributed by atoms with Gasteiger partial charge in [0, 0.05) is 26.2 Å². The van der Waals surface area contributed by atoms with Gasteiger partial charge in [0.2, 0.25) is 0 Å². The second-order valence-electron chi connectivity index (χ2n) is 5.19. The van der Waals surface area contributed by atoms with E-state index in [0.717, 1.165) is 38.5 Å². The van der Waals surface area contributed by atoms with Crippen LogP contribution in [0.25, 0.3) is 0 Å². The molecule has 0 atom stereocenters. The van der Waals surface area contributed by atoms with Crippen molar-refractivity contribution in [1.82, 2.24) is 19.8 Å². The molecule has 0 radical (unpaired) electrons. The third-order valence-corrected chi connectivity index (χ3v) is 3.55. The van der Waals surface area contributed by atoms with Crippen molar-refractivity contribution in [2.24, 2.45) is 0 Å². The molecule has 0 unspecified atom stereocenters. The van der Waals surface area contributed by atoms with Gasteiger partial charge in [-0.05, 0) is 33.6 Å². The molecular weight excluding hydrogens is 262 g/mol. The van der Waals surface area contributed by atoms with Gasteiger partial charge in [-0.3, -0.25) is 9.88 Å². The summed E-state index contributed by atoms with van der Waals surface area (Å²) in [4.78, 5) is 15.4. The lowest BCUT2D eigenvalue weighted by molar-refractivity contribution is 0.242. The van der Waals surface area contributed by atoms with Crippen LogP contribution in [0.3, 0.4) is 0 Å². The monoisotopic (exact) mass is 283 g/mol. The number of piperazine rings is 1. The standard InChI is InChI=1S/C13H22ClN5/c1-17(2)4-3-5-18-6-8-19(9-7-18)13-11-15-10-12(14)16-13/h10-11H,3-9H2,1-2H3. The van der Waals surface area contributed by atoms with Crippen molar-refractivity contribution in [2.75, 3.05) is 58.3 Å². The Bertz CT molecular complexity index is 390. The van der Waals surface area contributed by atoms with Crippen LogP contribution in [0.5, 0.6) is 0 Å². The molecular formula is C13H22ClN5. The molecule has 19 heavy (non-hydrogen) atoms. The van der Waals surface area contributed by atoms with Gasteiger partial charge in [-0.1, -0.05) is 11.6 Å². The van der Waals surface area contributed by atoms with E-state index in [-0.39, 0.29) is 0 Å². The van der Waals surface area contributed by atoms with E-state index in [1.807, 2.05) is 0 Å². The number of halogens is 1. The van der Waals surface area contributed by atoms with Crippen molar-refractivity contribution >= 4 is 17.4 Å². The number of nitrogens with zero attached hydrogens (tertiary/aromatic N) is 5. The first-order chi connectivity index (χ1) is 9.15. The first-order valence-corrected chi connectivity index (χ1v) is 7.12. The average Bonchev–Trinajstić information content (AvgIpc) is 2.39. The third kappa shape index (κ3) is 4.60. The van der Waals surface area contributed by atoms with Crippen molar-refractivity contribution in [3.05, 3.63) is 17.5 Å². The summed E-state index contributed by atoms with van der Waals surface area (Å²) < 4.78 is 0. The maximum Gasteiger partial charge on any atom is 0.149 e. The molecule has 2 rings (SSSR count). The molecule has 106 valence electrons. The van der Waals surface area contributed by atoms with Crippen molar-refractivity contribution in [3.63, 3.8) is 0 Å². The zero-order chi connectivity index (χ0) is 13.7. The average molecular weight is 284 g/mol. The fourth-order valence-corrected chi connectivity index (χ4v) is 2.44. The topological polar surface area (TPSA) is 35.5 Å². The van der Waals surface area contributed by atoms with Crippen molar-refractivity contribution < 1.29 is 0 Å². The third-order valence-electron chi connectivity index (χ3n) is 3.37. The Labute approximate surface area is 120 Å². The number of anilines is 1. The van der Waals surface area contributed by atoms with Crippen LogP contribution in [0, 0.1) is 0 Å². The Morgan fingerprint density at radius 1 is 1.21 bits per heavy atom. The summed E-state index contributed by atoms with van der Waals surface area (Å²) in [5, 5.41) is 0.464. The highest BCUT2D eigenvalue weighted by atomic mass is 35.5. The molecule has 0 bridgehead atoms. The number of hydrogen-bond acceptors (Lipinski definition) is 5. The summed E-state index contributed by atoms with van der Waals surface area (Å²) >= 11 is 5.88. The first kappa shape index (κ1) is 14.5.